The first-order valence-electron chi connectivity index (χ1n) is 6.67. The van der Waals surface area contributed by atoms with Gasteiger partial charge in [-0.1, -0.05) is 24.3 Å². The summed E-state index contributed by atoms with van der Waals surface area (Å²) in [7, 11) is 1.96. The van der Waals surface area contributed by atoms with Crippen molar-refractivity contribution in [2.75, 3.05) is 12.4 Å². The van der Waals surface area contributed by atoms with E-state index in [1.165, 1.54) is 6.07 Å². The highest BCUT2D eigenvalue weighted by Crippen LogP contribution is 2.35. The quantitative estimate of drug-likeness (QED) is 0.774. The molecular formula is C16H15F3N2. The molecule has 2 aromatic carbocycles. The summed E-state index contributed by atoms with van der Waals surface area (Å²) in [6, 6.07) is 11.6. The van der Waals surface area contributed by atoms with Crippen LogP contribution in [0.3, 0.4) is 0 Å². The maximum Gasteiger partial charge on any atom is 0.416 e. The molecule has 0 radical (unpaired) electrons. The normalized spacial score (nSPS) is 15.4. The van der Waals surface area contributed by atoms with Crippen molar-refractivity contribution >= 4 is 11.4 Å². The van der Waals surface area contributed by atoms with Crippen molar-refractivity contribution < 1.29 is 13.2 Å². The van der Waals surface area contributed by atoms with Gasteiger partial charge in [0.25, 0.3) is 0 Å². The maximum absolute atomic E-state index is 12.9. The summed E-state index contributed by atoms with van der Waals surface area (Å²) in [5, 5.41) is 3.15. The van der Waals surface area contributed by atoms with Gasteiger partial charge in [-0.15, -0.1) is 0 Å². The predicted molar refractivity (Wildman–Crippen MR) is 76.3 cm³/mol. The number of hydrogen-bond acceptors (Lipinski definition) is 2. The summed E-state index contributed by atoms with van der Waals surface area (Å²) >= 11 is 0. The van der Waals surface area contributed by atoms with Crippen LogP contribution in [0.15, 0.2) is 42.5 Å². The molecular weight excluding hydrogens is 277 g/mol. The van der Waals surface area contributed by atoms with Crippen LogP contribution in [0.2, 0.25) is 0 Å². The number of alkyl halides is 3. The lowest BCUT2D eigenvalue weighted by Crippen LogP contribution is -2.21. The Labute approximate surface area is 121 Å². The number of hydrogen-bond donors (Lipinski definition) is 1. The molecule has 0 spiro atoms. The molecule has 110 valence electrons. The van der Waals surface area contributed by atoms with E-state index in [9.17, 15) is 13.2 Å². The molecule has 1 N–H and O–H groups in total. The van der Waals surface area contributed by atoms with Gasteiger partial charge >= 0.3 is 6.18 Å². The minimum absolute atomic E-state index is 0.517. The zero-order chi connectivity index (χ0) is 15.0. The van der Waals surface area contributed by atoms with Crippen LogP contribution >= 0.6 is 0 Å². The Hall–Kier alpha value is -2.01. The van der Waals surface area contributed by atoms with Crippen molar-refractivity contribution in [2.45, 2.75) is 19.3 Å². The van der Waals surface area contributed by atoms with Crippen LogP contribution in [0, 0.1) is 0 Å². The zero-order valence-corrected chi connectivity index (χ0v) is 11.5. The van der Waals surface area contributed by atoms with Crippen LogP contribution < -0.4 is 5.32 Å². The van der Waals surface area contributed by atoms with Crippen molar-refractivity contribution in [1.29, 1.82) is 0 Å². The fraction of sp³-hybridized carbons (Fsp3) is 0.250. The van der Waals surface area contributed by atoms with E-state index in [1.54, 1.807) is 6.07 Å². The van der Waals surface area contributed by atoms with Crippen LogP contribution in [0.4, 0.5) is 24.5 Å². The Bertz CT molecular complexity index is 665. The van der Waals surface area contributed by atoms with E-state index >= 15 is 0 Å². The molecule has 0 aliphatic carbocycles. The highest BCUT2D eigenvalue weighted by molar-refractivity contribution is 5.67. The lowest BCUT2D eigenvalue weighted by Gasteiger charge is -2.26. The van der Waals surface area contributed by atoms with E-state index in [-0.39, 0.29) is 0 Å². The van der Waals surface area contributed by atoms with E-state index in [2.05, 4.69) is 10.2 Å². The Morgan fingerprint density at radius 1 is 0.952 bits per heavy atom. The number of nitrogens with zero attached hydrogens (tertiary/aromatic N) is 1. The zero-order valence-electron chi connectivity index (χ0n) is 11.5. The van der Waals surface area contributed by atoms with Crippen molar-refractivity contribution in [3.05, 3.63) is 59.2 Å². The Morgan fingerprint density at radius 3 is 2.33 bits per heavy atom. The average Bonchev–Trinajstić information content (AvgIpc) is 2.39. The van der Waals surface area contributed by atoms with Gasteiger partial charge < -0.3 is 5.32 Å². The van der Waals surface area contributed by atoms with Crippen molar-refractivity contribution in [2.24, 2.45) is 0 Å². The fourth-order valence-electron chi connectivity index (χ4n) is 2.57. The van der Waals surface area contributed by atoms with Crippen molar-refractivity contribution in [3.63, 3.8) is 0 Å². The molecule has 1 aliphatic rings. The van der Waals surface area contributed by atoms with Gasteiger partial charge in [0, 0.05) is 24.5 Å². The molecule has 0 aromatic heterocycles. The molecule has 0 bridgehead atoms. The molecule has 0 atom stereocenters. The van der Waals surface area contributed by atoms with Crippen LogP contribution in [-0.4, -0.2) is 11.9 Å². The number of fused-ring (bicyclic) bond motifs is 2. The lowest BCUT2D eigenvalue weighted by molar-refractivity contribution is -0.137. The SMILES string of the molecule is CN1Cc2ccccc2Nc2cc(C(F)(F)F)ccc2C1. The smallest absolute Gasteiger partial charge is 0.355 e. The second-order valence-electron chi connectivity index (χ2n) is 5.32. The largest absolute Gasteiger partial charge is 0.416 e. The first-order chi connectivity index (χ1) is 9.93. The summed E-state index contributed by atoms with van der Waals surface area (Å²) in [4.78, 5) is 2.09. The van der Waals surface area contributed by atoms with E-state index in [0.717, 1.165) is 29.4 Å². The van der Waals surface area contributed by atoms with Gasteiger partial charge in [-0.3, -0.25) is 4.90 Å². The molecule has 2 aromatic rings. The molecule has 5 heteroatoms. The molecule has 0 unspecified atom stereocenters. The van der Waals surface area contributed by atoms with Crippen LogP contribution in [0.25, 0.3) is 0 Å². The lowest BCUT2D eigenvalue weighted by atomic mass is 10.0. The van der Waals surface area contributed by atoms with E-state index in [0.29, 0.717) is 12.2 Å². The third-order valence-corrected chi connectivity index (χ3v) is 3.60. The average molecular weight is 292 g/mol. The third kappa shape index (κ3) is 2.88. The van der Waals surface area contributed by atoms with E-state index in [1.807, 2.05) is 31.3 Å². The molecule has 2 nitrogen and oxygen atoms in total. The predicted octanol–water partition coefficient (Wildman–Crippen LogP) is 4.39. The van der Waals surface area contributed by atoms with E-state index < -0.39 is 11.7 Å². The number of anilines is 2. The van der Waals surface area contributed by atoms with Gasteiger partial charge in [-0.2, -0.15) is 13.2 Å². The summed E-state index contributed by atoms with van der Waals surface area (Å²) in [5.41, 5.74) is 2.67. The second kappa shape index (κ2) is 5.07. The molecule has 1 heterocycles. The van der Waals surface area contributed by atoms with Gasteiger partial charge in [0.2, 0.25) is 0 Å². The van der Waals surface area contributed by atoms with Crippen LogP contribution in [0.5, 0.6) is 0 Å². The monoisotopic (exact) mass is 292 g/mol. The molecule has 0 amide bonds. The number of rotatable bonds is 0. The van der Waals surface area contributed by atoms with Crippen LogP contribution in [-0.2, 0) is 19.3 Å². The summed E-state index contributed by atoms with van der Waals surface area (Å²) in [5.74, 6) is 0. The summed E-state index contributed by atoms with van der Waals surface area (Å²) in [6.45, 7) is 1.36. The maximum atomic E-state index is 12.9. The van der Waals surface area contributed by atoms with Gasteiger partial charge in [-0.05, 0) is 36.4 Å². The Balaban J connectivity index is 2.08. The Kier molecular flexibility index (Phi) is 3.37. The third-order valence-electron chi connectivity index (χ3n) is 3.60. The minimum Gasteiger partial charge on any atom is -0.355 e. The molecule has 0 fully saturated rings. The molecule has 21 heavy (non-hydrogen) atoms. The van der Waals surface area contributed by atoms with Gasteiger partial charge in [0.15, 0.2) is 0 Å². The molecule has 3 rings (SSSR count). The van der Waals surface area contributed by atoms with E-state index in [4.69, 9.17) is 0 Å². The highest BCUT2D eigenvalue weighted by atomic mass is 19.4. The second-order valence-corrected chi connectivity index (χ2v) is 5.32. The number of benzene rings is 2. The number of para-hydroxylation sites is 1. The number of halogens is 3. The van der Waals surface area contributed by atoms with Gasteiger partial charge in [-0.25, -0.2) is 0 Å². The molecule has 1 aliphatic heterocycles. The summed E-state index contributed by atoms with van der Waals surface area (Å²) < 4.78 is 38.6. The van der Waals surface area contributed by atoms with Gasteiger partial charge in [0.1, 0.15) is 0 Å². The highest BCUT2D eigenvalue weighted by Gasteiger charge is 2.31. The fourth-order valence-corrected chi connectivity index (χ4v) is 2.57. The first-order valence-corrected chi connectivity index (χ1v) is 6.67. The first kappa shape index (κ1) is 13.9. The number of nitrogens with one attached hydrogen (secondary N) is 1. The summed E-state index contributed by atoms with van der Waals surface area (Å²) in [6.07, 6.45) is -4.33. The Morgan fingerprint density at radius 2 is 1.62 bits per heavy atom. The molecule has 0 saturated carbocycles. The van der Waals surface area contributed by atoms with Crippen molar-refractivity contribution in [3.8, 4) is 0 Å². The van der Waals surface area contributed by atoms with Crippen molar-refractivity contribution in [1.82, 2.24) is 4.90 Å². The minimum atomic E-state index is -4.33. The standard InChI is InChI=1S/C16H15F3N2/c1-21-9-11-4-2-3-5-14(11)20-15-8-13(16(17,18)19)7-6-12(15)10-21/h2-8,20H,9-10H2,1H3. The van der Waals surface area contributed by atoms with Crippen LogP contribution in [0.1, 0.15) is 16.7 Å². The molecule has 0 saturated heterocycles. The van der Waals surface area contributed by atoms with Gasteiger partial charge in [0.05, 0.1) is 5.56 Å². The topological polar surface area (TPSA) is 15.3 Å².